The second-order valence-corrected chi connectivity index (χ2v) is 4.93. The summed E-state index contributed by atoms with van der Waals surface area (Å²) in [6, 6.07) is 3.97. The fourth-order valence-electron chi connectivity index (χ4n) is 2.35. The third-order valence-electron chi connectivity index (χ3n) is 3.50. The van der Waals surface area contributed by atoms with Crippen molar-refractivity contribution >= 4 is 11.7 Å². The largest absolute Gasteiger partial charge is 0.379 e. The second kappa shape index (κ2) is 5.88. The zero-order valence-electron chi connectivity index (χ0n) is 11.5. The standard InChI is InChI=1S/C13H16N6O2/c14-12-11(16-21-17-12)13(20)19-6-4-18(5-7-19)9-10-2-1-3-15-8-10/h1-3,8H,4-7,9H2,(H2,14,17). The van der Waals surface area contributed by atoms with E-state index in [0.29, 0.717) is 13.1 Å². The van der Waals surface area contributed by atoms with Crippen LogP contribution in [-0.4, -0.2) is 57.2 Å². The maximum Gasteiger partial charge on any atom is 0.280 e. The predicted molar refractivity (Wildman–Crippen MR) is 74.1 cm³/mol. The number of piperazine rings is 1. The molecule has 0 radical (unpaired) electrons. The number of carbonyl (C=O) groups excluding carboxylic acids is 1. The van der Waals surface area contributed by atoms with Crippen molar-refractivity contribution in [3.8, 4) is 0 Å². The molecule has 2 aromatic heterocycles. The minimum Gasteiger partial charge on any atom is -0.379 e. The van der Waals surface area contributed by atoms with Gasteiger partial charge >= 0.3 is 0 Å². The summed E-state index contributed by atoms with van der Waals surface area (Å²) < 4.78 is 4.47. The Bertz CT molecular complexity index is 606. The van der Waals surface area contributed by atoms with E-state index in [1.165, 1.54) is 5.56 Å². The maximum absolute atomic E-state index is 12.2. The van der Waals surface area contributed by atoms with Crippen LogP contribution in [0.25, 0.3) is 0 Å². The van der Waals surface area contributed by atoms with Crippen LogP contribution in [0.3, 0.4) is 0 Å². The van der Waals surface area contributed by atoms with E-state index in [9.17, 15) is 4.79 Å². The lowest BCUT2D eigenvalue weighted by molar-refractivity contribution is 0.0618. The number of anilines is 1. The SMILES string of the molecule is Nc1nonc1C(=O)N1CCN(Cc2cccnc2)CC1. The van der Waals surface area contributed by atoms with Gasteiger partial charge in [0.1, 0.15) is 0 Å². The Morgan fingerprint density at radius 3 is 2.71 bits per heavy atom. The predicted octanol–water partition coefficient (Wildman–Crippen LogP) is 0.00480. The number of rotatable bonds is 3. The van der Waals surface area contributed by atoms with Gasteiger partial charge in [0.05, 0.1) is 0 Å². The van der Waals surface area contributed by atoms with Gasteiger partial charge in [0.25, 0.3) is 5.91 Å². The molecule has 3 rings (SSSR count). The summed E-state index contributed by atoms with van der Waals surface area (Å²) in [6.45, 7) is 3.69. The highest BCUT2D eigenvalue weighted by atomic mass is 16.6. The van der Waals surface area contributed by atoms with Crippen LogP contribution in [0.5, 0.6) is 0 Å². The quantitative estimate of drug-likeness (QED) is 0.848. The Hall–Kier alpha value is -2.48. The highest BCUT2D eigenvalue weighted by molar-refractivity contribution is 5.96. The van der Waals surface area contributed by atoms with E-state index in [4.69, 9.17) is 5.73 Å². The smallest absolute Gasteiger partial charge is 0.280 e. The lowest BCUT2D eigenvalue weighted by Gasteiger charge is -2.34. The van der Waals surface area contributed by atoms with Crippen LogP contribution in [0.15, 0.2) is 29.2 Å². The van der Waals surface area contributed by atoms with Crippen LogP contribution in [0.2, 0.25) is 0 Å². The highest BCUT2D eigenvalue weighted by Gasteiger charge is 2.26. The molecule has 1 aliphatic heterocycles. The molecule has 0 unspecified atom stereocenters. The zero-order chi connectivity index (χ0) is 14.7. The fourth-order valence-corrected chi connectivity index (χ4v) is 2.35. The Labute approximate surface area is 121 Å². The van der Waals surface area contributed by atoms with E-state index in [0.717, 1.165) is 19.6 Å². The van der Waals surface area contributed by atoms with Crippen molar-refractivity contribution in [2.24, 2.45) is 0 Å². The van der Waals surface area contributed by atoms with Crippen molar-refractivity contribution in [3.05, 3.63) is 35.8 Å². The number of nitrogens with zero attached hydrogens (tertiary/aromatic N) is 5. The van der Waals surface area contributed by atoms with Gasteiger partial charge in [-0.1, -0.05) is 6.07 Å². The van der Waals surface area contributed by atoms with Crippen LogP contribution < -0.4 is 5.73 Å². The van der Waals surface area contributed by atoms with Gasteiger partial charge in [-0.15, -0.1) is 0 Å². The number of hydrogen-bond donors (Lipinski definition) is 1. The first-order valence-corrected chi connectivity index (χ1v) is 6.72. The monoisotopic (exact) mass is 288 g/mol. The molecule has 3 heterocycles. The minimum atomic E-state index is -0.227. The van der Waals surface area contributed by atoms with Crippen LogP contribution >= 0.6 is 0 Å². The summed E-state index contributed by atoms with van der Waals surface area (Å²) in [7, 11) is 0. The molecule has 1 saturated heterocycles. The van der Waals surface area contributed by atoms with E-state index < -0.39 is 0 Å². The number of nitrogen functional groups attached to an aromatic ring is 1. The Morgan fingerprint density at radius 2 is 2.10 bits per heavy atom. The molecule has 2 aromatic rings. The van der Waals surface area contributed by atoms with Gasteiger partial charge < -0.3 is 10.6 Å². The number of hydrogen-bond acceptors (Lipinski definition) is 7. The number of pyridine rings is 1. The molecule has 1 fully saturated rings. The third kappa shape index (κ3) is 3.00. The van der Waals surface area contributed by atoms with E-state index in [2.05, 4.69) is 24.8 Å². The molecule has 1 aliphatic rings. The molecule has 0 spiro atoms. The summed E-state index contributed by atoms with van der Waals surface area (Å²) >= 11 is 0. The number of nitrogens with two attached hydrogens (primary N) is 1. The molecule has 1 amide bonds. The Morgan fingerprint density at radius 1 is 1.29 bits per heavy atom. The summed E-state index contributed by atoms with van der Waals surface area (Å²) in [5, 5.41) is 6.98. The third-order valence-corrected chi connectivity index (χ3v) is 3.50. The van der Waals surface area contributed by atoms with Crippen molar-refractivity contribution in [2.75, 3.05) is 31.9 Å². The average molecular weight is 288 g/mol. The maximum atomic E-state index is 12.2. The Kier molecular flexibility index (Phi) is 3.78. The average Bonchev–Trinajstić information content (AvgIpc) is 2.94. The van der Waals surface area contributed by atoms with Gasteiger partial charge in [-0.25, -0.2) is 4.63 Å². The molecule has 0 aliphatic carbocycles. The summed E-state index contributed by atoms with van der Waals surface area (Å²) in [4.78, 5) is 20.3. The number of aromatic nitrogens is 3. The summed E-state index contributed by atoms with van der Waals surface area (Å²) in [5.41, 5.74) is 6.81. The van der Waals surface area contributed by atoms with Crippen molar-refractivity contribution in [1.82, 2.24) is 25.1 Å². The molecule has 0 saturated carbocycles. The van der Waals surface area contributed by atoms with Gasteiger partial charge in [0.2, 0.25) is 11.5 Å². The van der Waals surface area contributed by atoms with Crippen LogP contribution in [-0.2, 0) is 6.54 Å². The first-order chi connectivity index (χ1) is 10.2. The topological polar surface area (TPSA) is 101 Å². The Balaban J connectivity index is 1.56. The summed E-state index contributed by atoms with van der Waals surface area (Å²) in [5.74, 6) is -0.187. The normalized spacial score (nSPS) is 16.1. The van der Waals surface area contributed by atoms with E-state index in [1.807, 2.05) is 18.3 Å². The lowest BCUT2D eigenvalue weighted by Crippen LogP contribution is -2.48. The van der Waals surface area contributed by atoms with E-state index in [-0.39, 0.29) is 17.4 Å². The number of carbonyl (C=O) groups is 1. The van der Waals surface area contributed by atoms with Crippen LogP contribution in [0, 0.1) is 0 Å². The van der Waals surface area contributed by atoms with Crippen LogP contribution in [0.1, 0.15) is 16.1 Å². The van der Waals surface area contributed by atoms with Crippen molar-refractivity contribution in [1.29, 1.82) is 0 Å². The van der Waals surface area contributed by atoms with Crippen molar-refractivity contribution < 1.29 is 9.42 Å². The number of amides is 1. The molecule has 8 nitrogen and oxygen atoms in total. The molecular formula is C13H16N6O2. The molecule has 0 aromatic carbocycles. The first kappa shape index (κ1) is 13.5. The molecule has 0 bridgehead atoms. The lowest BCUT2D eigenvalue weighted by atomic mass is 10.2. The van der Waals surface area contributed by atoms with Gasteiger partial charge in [-0.2, -0.15) is 0 Å². The highest BCUT2D eigenvalue weighted by Crippen LogP contribution is 2.12. The molecule has 0 atom stereocenters. The zero-order valence-corrected chi connectivity index (χ0v) is 11.5. The van der Waals surface area contributed by atoms with E-state index in [1.54, 1.807) is 11.1 Å². The van der Waals surface area contributed by atoms with Gasteiger partial charge in [-0.3, -0.25) is 14.7 Å². The van der Waals surface area contributed by atoms with Crippen molar-refractivity contribution in [3.63, 3.8) is 0 Å². The second-order valence-electron chi connectivity index (χ2n) is 4.93. The first-order valence-electron chi connectivity index (χ1n) is 6.72. The van der Waals surface area contributed by atoms with Gasteiger partial charge in [-0.05, 0) is 21.9 Å². The fraction of sp³-hybridized carbons (Fsp3) is 0.385. The summed E-state index contributed by atoms with van der Waals surface area (Å²) in [6.07, 6.45) is 3.62. The molecule has 21 heavy (non-hydrogen) atoms. The molecule has 2 N–H and O–H groups in total. The van der Waals surface area contributed by atoms with Crippen molar-refractivity contribution in [2.45, 2.75) is 6.54 Å². The van der Waals surface area contributed by atoms with E-state index >= 15 is 0 Å². The van der Waals surface area contributed by atoms with Crippen LogP contribution in [0.4, 0.5) is 5.82 Å². The molecule has 110 valence electrons. The molecule has 8 heteroatoms. The molecular weight excluding hydrogens is 272 g/mol. The van der Waals surface area contributed by atoms with Gasteiger partial charge in [0, 0.05) is 45.1 Å². The minimum absolute atomic E-state index is 0.0396. The van der Waals surface area contributed by atoms with Gasteiger partial charge in [0.15, 0.2) is 0 Å².